The summed E-state index contributed by atoms with van der Waals surface area (Å²) in [5, 5.41) is 9.48. The van der Waals surface area contributed by atoms with E-state index in [9.17, 15) is 9.90 Å². The van der Waals surface area contributed by atoms with Gasteiger partial charge in [-0.25, -0.2) is 4.79 Å². The predicted molar refractivity (Wildman–Crippen MR) is 131 cm³/mol. The molecule has 0 spiro atoms. The largest absolute Gasteiger partial charge is 0.477 e. The van der Waals surface area contributed by atoms with Gasteiger partial charge in [0.15, 0.2) is 12.8 Å². The average molecular weight is 441 g/mol. The van der Waals surface area contributed by atoms with Crippen LogP contribution in [0.15, 0.2) is 0 Å². The minimum absolute atomic E-state index is 0.355. The molecular weight excluding hydrogens is 386 g/mol. The van der Waals surface area contributed by atoms with Crippen molar-refractivity contribution >= 4 is 5.97 Å². The first kappa shape index (κ1) is 28.4. The van der Waals surface area contributed by atoms with Gasteiger partial charge in [0, 0.05) is 0 Å². The highest BCUT2D eigenvalue weighted by atomic mass is 16.5. The van der Waals surface area contributed by atoms with Gasteiger partial charge in [0.1, 0.15) is 0 Å². The lowest BCUT2D eigenvalue weighted by atomic mass is 10.0. The van der Waals surface area contributed by atoms with Gasteiger partial charge < -0.3 is 9.84 Å². The number of carboxylic acids is 1. The number of aliphatic carboxylic acids is 1. The highest BCUT2D eigenvalue weighted by molar-refractivity contribution is 5.71. The average Bonchev–Trinajstić information content (AvgIpc) is 2.78. The zero-order valence-corrected chi connectivity index (χ0v) is 21.1. The van der Waals surface area contributed by atoms with Crippen LogP contribution in [0.1, 0.15) is 136 Å². The molecule has 1 heterocycles. The zero-order chi connectivity index (χ0) is 22.6. The maximum atomic E-state index is 11.5. The van der Waals surface area contributed by atoms with Crippen LogP contribution in [-0.4, -0.2) is 48.0 Å². The minimum atomic E-state index is -0.687. The van der Waals surface area contributed by atoms with Gasteiger partial charge in [-0.15, -0.1) is 0 Å². The highest BCUT2D eigenvalue weighted by Gasteiger charge is 2.39. The number of carboxylic acid groups (broad SMARTS) is 1. The van der Waals surface area contributed by atoms with Gasteiger partial charge in [0.2, 0.25) is 0 Å². The van der Waals surface area contributed by atoms with E-state index >= 15 is 0 Å². The fourth-order valence-electron chi connectivity index (χ4n) is 5.00. The Balaban J connectivity index is 1.88. The summed E-state index contributed by atoms with van der Waals surface area (Å²) in [6.45, 7) is 7.40. The molecule has 0 aromatic rings. The molecule has 4 nitrogen and oxygen atoms in total. The van der Waals surface area contributed by atoms with Gasteiger partial charge in [-0.3, -0.25) is 4.48 Å². The molecule has 31 heavy (non-hydrogen) atoms. The van der Waals surface area contributed by atoms with E-state index in [1.165, 1.54) is 103 Å². The van der Waals surface area contributed by atoms with E-state index in [0.717, 1.165) is 39.0 Å². The smallest absolute Gasteiger partial charge is 0.362 e. The van der Waals surface area contributed by atoms with Crippen molar-refractivity contribution in [3.8, 4) is 0 Å². The maximum absolute atomic E-state index is 11.5. The van der Waals surface area contributed by atoms with Crippen molar-refractivity contribution < 1.29 is 19.1 Å². The van der Waals surface area contributed by atoms with E-state index in [-0.39, 0.29) is 6.04 Å². The number of likely N-dealkylation sites (tertiary alicyclic amines) is 1. The van der Waals surface area contributed by atoms with E-state index in [1.54, 1.807) is 0 Å². The number of hydrogen-bond donors (Lipinski definition) is 1. The molecule has 0 aromatic carbocycles. The van der Waals surface area contributed by atoms with E-state index in [2.05, 4.69) is 6.92 Å². The number of ether oxygens (including phenoxy) is 1. The standard InChI is InChI=1S/C27H53NO3/c1-3-4-5-6-7-8-9-10-11-12-13-14-15-16-17-21-24-31-25-28(26(2)27(29)30)22-19-18-20-23-28/h26H,3-25H2,1-2H3/p+1. The van der Waals surface area contributed by atoms with Crippen LogP contribution in [0.2, 0.25) is 0 Å². The van der Waals surface area contributed by atoms with E-state index in [0.29, 0.717) is 11.2 Å². The second-order valence-corrected chi connectivity index (χ2v) is 10.1. The summed E-state index contributed by atoms with van der Waals surface area (Å²) in [5.74, 6) is -0.687. The Kier molecular flexibility index (Phi) is 17.3. The molecule has 184 valence electrons. The van der Waals surface area contributed by atoms with Crippen molar-refractivity contribution in [2.24, 2.45) is 0 Å². The fourth-order valence-corrected chi connectivity index (χ4v) is 5.00. The molecule has 4 heteroatoms. The monoisotopic (exact) mass is 440 g/mol. The SMILES string of the molecule is CCCCCCCCCCCCCCCCCCOC[N+]1(C(C)C(=O)O)CCCCC1. The molecule has 1 atom stereocenters. The van der Waals surface area contributed by atoms with Gasteiger partial charge in [-0.2, -0.15) is 0 Å². The van der Waals surface area contributed by atoms with Gasteiger partial charge in [0.25, 0.3) is 0 Å². The molecular formula is C27H54NO3+. The first-order valence-electron chi connectivity index (χ1n) is 13.8. The summed E-state index contributed by atoms with van der Waals surface area (Å²) in [6, 6.07) is -0.355. The van der Waals surface area contributed by atoms with Crippen molar-refractivity contribution in [1.82, 2.24) is 0 Å². The van der Waals surface area contributed by atoms with E-state index < -0.39 is 5.97 Å². The number of carbonyl (C=O) groups is 1. The van der Waals surface area contributed by atoms with Gasteiger partial charge in [0.05, 0.1) is 19.7 Å². The molecule has 1 fully saturated rings. The van der Waals surface area contributed by atoms with Gasteiger partial charge >= 0.3 is 5.97 Å². The Hall–Kier alpha value is -0.610. The molecule has 0 aromatic heterocycles. The number of piperidine rings is 1. The van der Waals surface area contributed by atoms with Crippen LogP contribution in [0.5, 0.6) is 0 Å². The van der Waals surface area contributed by atoms with Crippen molar-refractivity contribution in [3.63, 3.8) is 0 Å². The van der Waals surface area contributed by atoms with E-state index in [4.69, 9.17) is 4.74 Å². The molecule has 0 aliphatic carbocycles. The first-order valence-corrected chi connectivity index (χ1v) is 13.8. The zero-order valence-electron chi connectivity index (χ0n) is 21.1. The van der Waals surface area contributed by atoms with Crippen molar-refractivity contribution in [1.29, 1.82) is 0 Å². The Morgan fingerprint density at radius 3 is 1.58 bits per heavy atom. The van der Waals surface area contributed by atoms with Crippen molar-refractivity contribution in [2.45, 2.75) is 142 Å². The second kappa shape index (κ2) is 18.9. The lowest BCUT2D eigenvalue weighted by molar-refractivity contribution is -0.962. The van der Waals surface area contributed by atoms with Crippen LogP contribution < -0.4 is 0 Å². The molecule has 1 rings (SSSR count). The first-order chi connectivity index (χ1) is 15.1. The second-order valence-electron chi connectivity index (χ2n) is 10.1. The quantitative estimate of drug-likeness (QED) is 0.147. The molecule has 1 aliphatic rings. The third-order valence-electron chi connectivity index (χ3n) is 7.38. The number of rotatable bonds is 21. The summed E-state index contributed by atoms with van der Waals surface area (Å²) >= 11 is 0. The number of hydrogen-bond acceptors (Lipinski definition) is 2. The third kappa shape index (κ3) is 13.5. The van der Waals surface area contributed by atoms with E-state index in [1.807, 2.05) is 6.92 Å². The number of unbranched alkanes of at least 4 members (excludes halogenated alkanes) is 15. The Bertz CT molecular complexity index is 421. The Morgan fingerprint density at radius 2 is 1.16 bits per heavy atom. The molecule has 0 saturated carbocycles. The minimum Gasteiger partial charge on any atom is -0.477 e. The maximum Gasteiger partial charge on any atom is 0.362 e. The summed E-state index contributed by atoms with van der Waals surface area (Å²) in [5.41, 5.74) is 0. The molecule has 1 saturated heterocycles. The lowest BCUT2D eigenvalue weighted by Gasteiger charge is -2.43. The van der Waals surface area contributed by atoms with Crippen LogP contribution in [0.3, 0.4) is 0 Å². The Labute approximate surface area is 193 Å². The van der Waals surface area contributed by atoms with Crippen molar-refractivity contribution in [2.75, 3.05) is 26.4 Å². The topological polar surface area (TPSA) is 46.5 Å². The molecule has 1 N–H and O–H groups in total. The number of quaternary nitrogens is 1. The van der Waals surface area contributed by atoms with Crippen LogP contribution in [0, 0.1) is 0 Å². The fraction of sp³-hybridized carbons (Fsp3) is 0.963. The molecule has 0 bridgehead atoms. The predicted octanol–water partition coefficient (Wildman–Crippen LogP) is 7.70. The number of nitrogens with zero attached hydrogens (tertiary/aromatic N) is 1. The Morgan fingerprint density at radius 1 is 0.742 bits per heavy atom. The normalized spacial score (nSPS) is 17.0. The van der Waals surface area contributed by atoms with Crippen LogP contribution in [0.4, 0.5) is 0 Å². The summed E-state index contributed by atoms with van der Waals surface area (Å²) < 4.78 is 6.60. The molecule has 0 amide bonds. The van der Waals surface area contributed by atoms with Gasteiger partial charge in [-0.1, -0.05) is 103 Å². The summed E-state index contributed by atoms with van der Waals surface area (Å²) in [7, 11) is 0. The van der Waals surface area contributed by atoms with Crippen molar-refractivity contribution in [3.05, 3.63) is 0 Å². The third-order valence-corrected chi connectivity index (χ3v) is 7.38. The van der Waals surface area contributed by atoms with Crippen LogP contribution >= 0.6 is 0 Å². The summed E-state index contributed by atoms with van der Waals surface area (Å²) in [4.78, 5) is 11.5. The lowest BCUT2D eigenvalue weighted by Crippen LogP contribution is -2.60. The molecule has 0 radical (unpaired) electrons. The van der Waals surface area contributed by atoms with Gasteiger partial charge in [-0.05, 0) is 32.6 Å². The van der Waals surface area contributed by atoms with Crippen LogP contribution in [0.25, 0.3) is 0 Å². The summed E-state index contributed by atoms with van der Waals surface area (Å²) in [6.07, 6.45) is 25.5. The molecule has 1 aliphatic heterocycles. The highest BCUT2D eigenvalue weighted by Crippen LogP contribution is 2.23. The molecule has 1 unspecified atom stereocenters. The van der Waals surface area contributed by atoms with Crippen LogP contribution in [-0.2, 0) is 9.53 Å².